The number of hydrogen-bond acceptors (Lipinski definition) is 3. The van der Waals surface area contributed by atoms with Gasteiger partial charge in [0.1, 0.15) is 0 Å². The molecule has 2 amide bonds. The van der Waals surface area contributed by atoms with Gasteiger partial charge in [-0.05, 0) is 31.6 Å². The fourth-order valence-electron chi connectivity index (χ4n) is 3.00. The van der Waals surface area contributed by atoms with Crippen molar-refractivity contribution in [2.75, 3.05) is 19.4 Å². The highest BCUT2D eigenvalue weighted by atomic mass is 32.2. The number of aliphatic hydroxyl groups excluding tert-OH is 1. The third-order valence-electron chi connectivity index (χ3n) is 4.68. The molecule has 1 aromatic carbocycles. The van der Waals surface area contributed by atoms with E-state index in [0.717, 1.165) is 12.8 Å². The zero-order valence-electron chi connectivity index (χ0n) is 13.3. The number of amides is 2. The molecule has 0 bridgehead atoms. The zero-order chi connectivity index (χ0) is 16.0. The van der Waals surface area contributed by atoms with Gasteiger partial charge < -0.3 is 15.7 Å². The second-order valence-corrected chi connectivity index (χ2v) is 7.15. The molecule has 0 aromatic heterocycles. The number of carbonyl (C=O) groups is 1. The van der Waals surface area contributed by atoms with E-state index in [2.05, 4.69) is 34.9 Å². The lowest BCUT2D eigenvalue weighted by Crippen LogP contribution is -2.51. The third kappa shape index (κ3) is 3.96. The van der Waals surface area contributed by atoms with Crippen LogP contribution in [0.2, 0.25) is 0 Å². The predicted molar refractivity (Wildman–Crippen MR) is 92.4 cm³/mol. The quantitative estimate of drug-likeness (QED) is 0.723. The number of hydrogen-bond donors (Lipinski definition) is 3. The van der Waals surface area contributed by atoms with Crippen LogP contribution < -0.4 is 10.6 Å². The van der Waals surface area contributed by atoms with E-state index in [0.29, 0.717) is 6.54 Å². The normalized spacial score (nSPS) is 18.9. The summed E-state index contributed by atoms with van der Waals surface area (Å²) < 4.78 is 0. The van der Waals surface area contributed by atoms with Crippen LogP contribution in [0.25, 0.3) is 0 Å². The highest BCUT2D eigenvalue weighted by Crippen LogP contribution is 2.43. The summed E-state index contributed by atoms with van der Waals surface area (Å²) in [5, 5.41) is 15.2. The molecule has 2 rings (SSSR count). The number of thioether (sulfide) groups is 1. The van der Waals surface area contributed by atoms with Gasteiger partial charge in [-0.25, -0.2) is 4.79 Å². The van der Waals surface area contributed by atoms with Crippen molar-refractivity contribution in [2.45, 2.75) is 42.9 Å². The van der Waals surface area contributed by atoms with Crippen LogP contribution in [0.1, 0.15) is 31.7 Å². The van der Waals surface area contributed by atoms with E-state index >= 15 is 0 Å². The molecule has 1 fully saturated rings. The maximum Gasteiger partial charge on any atom is 0.315 e. The summed E-state index contributed by atoms with van der Waals surface area (Å²) in [7, 11) is 0. The second kappa shape index (κ2) is 7.88. The molecule has 0 saturated heterocycles. The summed E-state index contributed by atoms with van der Waals surface area (Å²) in [5.41, 5.74) is 1.41. The Morgan fingerprint density at radius 2 is 2.05 bits per heavy atom. The van der Waals surface area contributed by atoms with Crippen LogP contribution in [-0.4, -0.2) is 41.8 Å². The predicted octanol–water partition coefficient (Wildman–Crippen LogP) is 2.52. The first kappa shape index (κ1) is 17.2. The maximum absolute atomic E-state index is 12.1. The molecule has 5 heteroatoms. The molecular formula is C17H26N2O2S. The summed E-state index contributed by atoms with van der Waals surface area (Å²) in [6.07, 6.45) is 5.40. The smallest absolute Gasteiger partial charge is 0.315 e. The van der Waals surface area contributed by atoms with Crippen LogP contribution in [0.15, 0.2) is 30.3 Å². The lowest BCUT2D eigenvalue weighted by Gasteiger charge is -2.42. The van der Waals surface area contributed by atoms with E-state index in [1.54, 1.807) is 11.8 Å². The molecule has 2 atom stereocenters. The van der Waals surface area contributed by atoms with Crippen molar-refractivity contribution in [1.29, 1.82) is 0 Å². The highest BCUT2D eigenvalue weighted by molar-refractivity contribution is 7.99. The van der Waals surface area contributed by atoms with Crippen LogP contribution in [0.3, 0.4) is 0 Å². The van der Waals surface area contributed by atoms with Gasteiger partial charge in [-0.1, -0.05) is 36.8 Å². The topological polar surface area (TPSA) is 61.4 Å². The molecule has 1 aliphatic carbocycles. The number of aliphatic hydroxyl groups is 1. The standard InChI is InChI=1S/C17H26N2O2S/c1-13(15(11-20)22-2)19-16(21)18-12-17(9-6-10-17)14-7-4-3-5-8-14/h3-5,7-8,13,15,20H,6,9-12H2,1-2H3,(H2,18,19,21). The van der Waals surface area contributed by atoms with Crippen LogP contribution in [0.4, 0.5) is 4.79 Å². The fraction of sp³-hybridized carbons (Fsp3) is 0.588. The van der Waals surface area contributed by atoms with Crippen LogP contribution in [-0.2, 0) is 5.41 Å². The molecule has 4 nitrogen and oxygen atoms in total. The van der Waals surface area contributed by atoms with E-state index in [-0.39, 0.29) is 29.3 Å². The van der Waals surface area contributed by atoms with Crippen molar-refractivity contribution < 1.29 is 9.90 Å². The van der Waals surface area contributed by atoms with Crippen molar-refractivity contribution in [3.63, 3.8) is 0 Å². The van der Waals surface area contributed by atoms with Crippen molar-refractivity contribution in [1.82, 2.24) is 10.6 Å². The molecule has 1 saturated carbocycles. The van der Waals surface area contributed by atoms with Gasteiger partial charge in [-0.15, -0.1) is 0 Å². The summed E-state index contributed by atoms with van der Waals surface area (Å²) >= 11 is 1.56. The minimum absolute atomic E-state index is 0.0255. The van der Waals surface area contributed by atoms with E-state index in [4.69, 9.17) is 0 Å². The zero-order valence-corrected chi connectivity index (χ0v) is 14.2. The van der Waals surface area contributed by atoms with E-state index in [9.17, 15) is 9.90 Å². The molecular weight excluding hydrogens is 296 g/mol. The Morgan fingerprint density at radius 3 is 2.55 bits per heavy atom. The highest BCUT2D eigenvalue weighted by Gasteiger charge is 2.38. The molecule has 0 radical (unpaired) electrons. The van der Waals surface area contributed by atoms with Gasteiger partial charge in [0.05, 0.1) is 6.61 Å². The van der Waals surface area contributed by atoms with Gasteiger partial charge in [-0.3, -0.25) is 0 Å². The Balaban J connectivity index is 1.87. The van der Waals surface area contributed by atoms with E-state index < -0.39 is 0 Å². The SMILES string of the molecule is CSC(CO)C(C)NC(=O)NCC1(c2ccccc2)CCC1. The van der Waals surface area contributed by atoms with Gasteiger partial charge in [-0.2, -0.15) is 11.8 Å². The van der Waals surface area contributed by atoms with Gasteiger partial charge in [0.15, 0.2) is 0 Å². The number of nitrogens with one attached hydrogen (secondary N) is 2. The molecule has 1 aromatic rings. The molecule has 22 heavy (non-hydrogen) atoms. The number of carbonyl (C=O) groups excluding carboxylic acids is 1. The minimum Gasteiger partial charge on any atom is -0.395 e. The van der Waals surface area contributed by atoms with Crippen LogP contribution >= 0.6 is 11.8 Å². The van der Waals surface area contributed by atoms with Crippen molar-refractivity contribution in [3.05, 3.63) is 35.9 Å². The lowest BCUT2D eigenvalue weighted by molar-refractivity contribution is 0.210. The first-order valence-electron chi connectivity index (χ1n) is 7.85. The molecule has 2 unspecified atom stereocenters. The number of urea groups is 1. The van der Waals surface area contributed by atoms with Crippen molar-refractivity contribution >= 4 is 17.8 Å². The molecule has 3 N–H and O–H groups in total. The van der Waals surface area contributed by atoms with E-state index in [1.807, 2.05) is 19.2 Å². The van der Waals surface area contributed by atoms with Crippen LogP contribution in [0.5, 0.6) is 0 Å². The maximum atomic E-state index is 12.1. The first-order chi connectivity index (χ1) is 10.6. The molecule has 1 aliphatic rings. The summed E-state index contributed by atoms with van der Waals surface area (Å²) in [5.74, 6) is 0. The number of rotatable bonds is 7. The summed E-state index contributed by atoms with van der Waals surface area (Å²) in [4.78, 5) is 12.1. The van der Waals surface area contributed by atoms with Crippen molar-refractivity contribution in [2.24, 2.45) is 0 Å². The monoisotopic (exact) mass is 322 g/mol. The van der Waals surface area contributed by atoms with Crippen molar-refractivity contribution in [3.8, 4) is 0 Å². The largest absolute Gasteiger partial charge is 0.395 e. The average Bonchev–Trinajstić information content (AvgIpc) is 2.48. The minimum atomic E-state index is -0.151. The first-order valence-corrected chi connectivity index (χ1v) is 9.13. The number of benzene rings is 1. The average molecular weight is 322 g/mol. The van der Waals surface area contributed by atoms with Gasteiger partial charge in [0, 0.05) is 23.3 Å². The van der Waals surface area contributed by atoms with Gasteiger partial charge >= 0.3 is 6.03 Å². The Morgan fingerprint density at radius 1 is 1.36 bits per heavy atom. The molecule has 0 heterocycles. The second-order valence-electron chi connectivity index (χ2n) is 6.07. The Kier molecular flexibility index (Phi) is 6.15. The fourth-order valence-corrected chi connectivity index (χ4v) is 3.63. The Bertz CT molecular complexity index is 473. The summed E-state index contributed by atoms with van der Waals surface area (Å²) in [6, 6.07) is 10.2. The summed E-state index contributed by atoms with van der Waals surface area (Å²) in [6.45, 7) is 2.66. The Labute approximate surface area is 137 Å². The van der Waals surface area contributed by atoms with Crippen LogP contribution in [0, 0.1) is 0 Å². The van der Waals surface area contributed by atoms with E-state index in [1.165, 1.54) is 12.0 Å². The van der Waals surface area contributed by atoms with Gasteiger partial charge in [0.25, 0.3) is 0 Å². The lowest BCUT2D eigenvalue weighted by atomic mass is 9.64. The molecule has 0 spiro atoms. The third-order valence-corrected chi connectivity index (χ3v) is 5.85. The van der Waals surface area contributed by atoms with Gasteiger partial charge in [0.2, 0.25) is 0 Å². The molecule has 0 aliphatic heterocycles. The molecule has 122 valence electrons. The Hall–Kier alpha value is -1.20.